The van der Waals surface area contributed by atoms with Gasteiger partial charge in [-0.1, -0.05) is 24.3 Å². The molecule has 0 radical (unpaired) electrons. The molecule has 3 rings (SSSR count). The molecule has 1 heterocycles. The van der Waals surface area contributed by atoms with Gasteiger partial charge in [0.05, 0.1) is 6.54 Å². The van der Waals surface area contributed by atoms with E-state index in [1.165, 1.54) is 30.4 Å². The fourth-order valence-electron chi connectivity index (χ4n) is 3.96. The number of amides is 1. The summed E-state index contributed by atoms with van der Waals surface area (Å²) in [5.41, 5.74) is 2.90. The van der Waals surface area contributed by atoms with Gasteiger partial charge in [0.2, 0.25) is 5.91 Å². The van der Waals surface area contributed by atoms with Crippen molar-refractivity contribution in [3.8, 4) is 0 Å². The highest BCUT2D eigenvalue weighted by atomic mass is 16.2. The van der Waals surface area contributed by atoms with Crippen LogP contribution in [0.4, 0.5) is 0 Å². The molecular weight excluding hydrogens is 286 g/mol. The van der Waals surface area contributed by atoms with Crippen molar-refractivity contribution in [1.29, 1.82) is 0 Å². The zero-order chi connectivity index (χ0) is 16.2. The Morgan fingerprint density at radius 1 is 1.30 bits per heavy atom. The third-order valence-electron chi connectivity index (χ3n) is 5.35. The smallest absolute Gasteiger partial charge is 0.234 e. The summed E-state index contributed by atoms with van der Waals surface area (Å²) in [5, 5.41) is 3.18. The first-order valence-corrected chi connectivity index (χ1v) is 8.90. The number of hydrogen-bond acceptors (Lipinski definition) is 3. The van der Waals surface area contributed by atoms with E-state index in [4.69, 9.17) is 0 Å². The van der Waals surface area contributed by atoms with Gasteiger partial charge in [0.1, 0.15) is 0 Å². The lowest BCUT2D eigenvalue weighted by molar-refractivity contribution is -0.123. The number of aryl methyl sites for hydroxylation is 1. The van der Waals surface area contributed by atoms with Gasteiger partial charge in [-0.15, -0.1) is 0 Å². The van der Waals surface area contributed by atoms with E-state index in [0.29, 0.717) is 18.5 Å². The van der Waals surface area contributed by atoms with Crippen LogP contribution in [0, 0.1) is 0 Å². The number of nitrogens with zero attached hydrogens (tertiary/aromatic N) is 2. The molecule has 1 amide bonds. The molecule has 2 unspecified atom stereocenters. The van der Waals surface area contributed by atoms with E-state index in [-0.39, 0.29) is 5.91 Å². The Morgan fingerprint density at radius 3 is 2.96 bits per heavy atom. The molecule has 1 fully saturated rings. The molecule has 4 nitrogen and oxygen atoms in total. The number of likely N-dealkylation sites (N-methyl/N-ethyl adjacent to an activating group) is 1. The van der Waals surface area contributed by atoms with E-state index in [9.17, 15) is 4.79 Å². The minimum atomic E-state index is 0.171. The van der Waals surface area contributed by atoms with Crippen molar-refractivity contribution in [3.05, 3.63) is 35.4 Å². The van der Waals surface area contributed by atoms with Crippen LogP contribution in [-0.4, -0.2) is 61.5 Å². The average Bonchev–Trinajstić information content (AvgIpc) is 2.55. The van der Waals surface area contributed by atoms with Gasteiger partial charge in [0, 0.05) is 38.1 Å². The van der Waals surface area contributed by atoms with Crippen LogP contribution < -0.4 is 5.32 Å². The maximum Gasteiger partial charge on any atom is 0.234 e. The summed E-state index contributed by atoms with van der Waals surface area (Å²) in [6.07, 6.45) is 3.59. The van der Waals surface area contributed by atoms with E-state index in [0.717, 1.165) is 26.2 Å². The monoisotopic (exact) mass is 315 g/mol. The zero-order valence-electron chi connectivity index (χ0n) is 14.4. The highest BCUT2D eigenvalue weighted by Gasteiger charge is 2.24. The summed E-state index contributed by atoms with van der Waals surface area (Å²) < 4.78 is 0. The fraction of sp³-hybridized carbons (Fsp3) is 0.632. The number of hydrogen-bond donors (Lipinski definition) is 1. The predicted octanol–water partition coefficient (Wildman–Crippen LogP) is 1.86. The SMILES string of the molecule is CC1CN(C)CCN1CC(=O)NCC1CCCc2ccccc21. The van der Waals surface area contributed by atoms with E-state index < -0.39 is 0 Å². The molecule has 0 spiro atoms. The highest BCUT2D eigenvalue weighted by Crippen LogP contribution is 2.30. The van der Waals surface area contributed by atoms with Gasteiger partial charge in [-0.25, -0.2) is 0 Å². The molecule has 23 heavy (non-hydrogen) atoms. The lowest BCUT2D eigenvalue weighted by atomic mass is 9.83. The van der Waals surface area contributed by atoms with Crippen molar-refractivity contribution in [2.24, 2.45) is 0 Å². The molecule has 1 saturated heterocycles. The molecule has 126 valence electrons. The van der Waals surface area contributed by atoms with Crippen LogP contribution in [0.25, 0.3) is 0 Å². The van der Waals surface area contributed by atoms with Crippen LogP contribution in [-0.2, 0) is 11.2 Å². The first kappa shape index (κ1) is 16.5. The molecule has 0 bridgehead atoms. The molecular formula is C19H29N3O. The third kappa shape index (κ3) is 4.12. The maximum absolute atomic E-state index is 12.3. The predicted molar refractivity (Wildman–Crippen MR) is 93.7 cm³/mol. The molecule has 1 aliphatic heterocycles. The highest BCUT2D eigenvalue weighted by molar-refractivity contribution is 5.78. The molecule has 1 aliphatic carbocycles. The first-order chi connectivity index (χ1) is 11.1. The van der Waals surface area contributed by atoms with Crippen LogP contribution in [0.15, 0.2) is 24.3 Å². The van der Waals surface area contributed by atoms with Crippen molar-refractivity contribution in [2.75, 3.05) is 39.8 Å². The normalized spacial score (nSPS) is 25.8. The Morgan fingerprint density at radius 2 is 2.13 bits per heavy atom. The summed E-state index contributed by atoms with van der Waals surface area (Å²) in [6.45, 7) is 6.59. The standard InChI is InChI=1S/C19H29N3O/c1-15-13-21(2)10-11-22(15)14-19(23)20-12-17-8-5-7-16-6-3-4-9-18(16)17/h3-4,6,9,15,17H,5,7-8,10-14H2,1-2H3,(H,20,23). The topological polar surface area (TPSA) is 35.6 Å². The summed E-state index contributed by atoms with van der Waals surface area (Å²) >= 11 is 0. The summed E-state index contributed by atoms with van der Waals surface area (Å²) in [7, 11) is 2.15. The number of fused-ring (bicyclic) bond motifs is 1. The quantitative estimate of drug-likeness (QED) is 0.921. The van der Waals surface area contributed by atoms with Crippen molar-refractivity contribution >= 4 is 5.91 Å². The van der Waals surface area contributed by atoms with Gasteiger partial charge in [0.15, 0.2) is 0 Å². The summed E-state index contributed by atoms with van der Waals surface area (Å²) in [4.78, 5) is 17.0. The lowest BCUT2D eigenvalue weighted by Crippen LogP contribution is -2.53. The number of carbonyl (C=O) groups is 1. The van der Waals surface area contributed by atoms with Crippen LogP contribution in [0.3, 0.4) is 0 Å². The van der Waals surface area contributed by atoms with E-state index in [2.05, 4.69) is 53.4 Å². The van der Waals surface area contributed by atoms with Crippen LogP contribution in [0.2, 0.25) is 0 Å². The molecule has 2 aliphatic rings. The van der Waals surface area contributed by atoms with Crippen molar-refractivity contribution in [1.82, 2.24) is 15.1 Å². The second kappa shape index (κ2) is 7.45. The second-order valence-electron chi connectivity index (χ2n) is 7.17. The summed E-state index contributed by atoms with van der Waals surface area (Å²) in [6, 6.07) is 9.15. The van der Waals surface area contributed by atoms with Gasteiger partial charge in [-0.05, 0) is 44.4 Å². The molecule has 1 N–H and O–H groups in total. The minimum absolute atomic E-state index is 0.171. The molecule has 0 saturated carbocycles. The Bertz CT molecular complexity index is 545. The average molecular weight is 315 g/mol. The van der Waals surface area contributed by atoms with Gasteiger partial charge < -0.3 is 10.2 Å². The van der Waals surface area contributed by atoms with Gasteiger partial charge in [-0.2, -0.15) is 0 Å². The van der Waals surface area contributed by atoms with Gasteiger partial charge in [0.25, 0.3) is 0 Å². The Kier molecular flexibility index (Phi) is 5.34. The Hall–Kier alpha value is -1.39. The van der Waals surface area contributed by atoms with Crippen molar-refractivity contribution in [3.63, 3.8) is 0 Å². The largest absolute Gasteiger partial charge is 0.354 e. The van der Waals surface area contributed by atoms with Crippen LogP contribution in [0.5, 0.6) is 0 Å². The molecule has 2 atom stereocenters. The molecule has 4 heteroatoms. The number of rotatable bonds is 4. The van der Waals surface area contributed by atoms with Gasteiger partial charge >= 0.3 is 0 Å². The molecule has 1 aromatic carbocycles. The Balaban J connectivity index is 1.50. The number of benzene rings is 1. The van der Waals surface area contributed by atoms with E-state index in [1.54, 1.807) is 0 Å². The van der Waals surface area contributed by atoms with Crippen molar-refractivity contribution < 1.29 is 4.79 Å². The van der Waals surface area contributed by atoms with Crippen molar-refractivity contribution in [2.45, 2.75) is 38.1 Å². The van der Waals surface area contributed by atoms with E-state index >= 15 is 0 Å². The van der Waals surface area contributed by atoms with Crippen LogP contribution >= 0.6 is 0 Å². The fourth-order valence-corrected chi connectivity index (χ4v) is 3.96. The van der Waals surface area contributed by atoms with Gasteiger partial charge in [-0.3, -0.25) is 9.69 Å². The number of nitrogens with one attached hydrogen (secondary N) is 1. The number of piperazine rings is 1. The summed E-state index contributed by atoms with van der Waals surface area (Å²) in [5.74, 6) is 0.651. The molecule has 0 aromatic heterocycles. The Labute approximate surface area is 139 Å². The second-order valence-corrected chi connectivity index (χ2v) is 7.17. The third-order valence-corrected chi connectivity index (χ3v) is 5.35. The lowest BCUT2D eigenvalue weighted by Gasteiger charge is -2.37. The number of carbonyl (C=O) groups excluding carboxylic acids is 1. The molecule has 1 aromatic rings. The zero-order valence-corrected chi connectivity index (χ0v) is 14.4. The minimum Gasteiger partial charge on any atom is -0.354 e. The van der Waals surface area contributed by atoms with Crippen LogP contribution in [0.1, 0.15) is 36.8 Å². The maximum atomic E-state index is 12.3. The van der Waals surface area contributed by atoms with E-state index in [1.807, 2.05) is 0 Å². The first-order valence-electron chi connectivity index (χ1n) is 8.90.